The molecule has 5 heterocycles. The summed E-state index contributed by atoms with van der Waals surface area (Å²) in [6, 6.07) is -2.96. The molecule has 0 aromatic heterocycles. The molecular formula is C72H148B5O52P11-12. The largest absolute Gasteiger partial charge is 0.790 e. The number of aliphatic hydroxyl groups excluding tert-OH is 4. The van der Waals surface area contributed by atoms with Crippen LogP contribution < -0.4 is 58.7 Å². The van der Waals surface area contributed by atoms with Crippen LogP contribution in [0.2, 0.25) is 0 Å². The van der Waals surface area contributed by atoms with Gasteiger partial charge in [0.05, 0.1) is 168 Å². The number of aliphatic hydroxyl groups is 4. The van der Waals surface area contributed by atoms with Gasteiger partial charge in [0.2, 0.25) is 0 Å². The van der Waals surface area contributed by atoms with E-state index in [0.29, 0.717) is 6.42 Å². The SMILES string of the molecule is C.CC.CC.CCC.CO.[B]C1CC(OP(=O)([O-])OCCCO)C(C(C)C)O1.[B]C1CC(OP(=O)([O-])OCCCOP(=O)([O-])OCCCO)C(C(C)C)O1.[B]C1CC(OP(=O)([O-])OCCCOP(=O)([O-])OCCCOP(=O)([O-])OCCCO)C(C(C)C)O1.[B]C1CC(OP(=O)([O-])OCCCOP(=O)([O-])OCCCOP(=O)([O-])[O-])C(C(C)C)O1.[B]C1CC(OP(=O)([O-])OCCCOP(C)(=O)[O-])C(C(C)C)O1. The average Bonchev–Trinajstić information content (AvgIpc) is 1.71. The van der Waals surface area contributed by atoms with Gasteiger partial charge in [-0.3, -0.25) is 41.1 Å². The summed E-state index contributed by atoms with van der Waals surface area (Å²) in [5.74, 6) is 0.0993. The smallest absolute Gasteiger partial charge is 0.268 e. The van der Waals surface area contributed by atoms with Crippen LogP contribution in [-0.4, -0.2) is 283 Å². The highest BCUT2D eigenvalue weighted by molar-refractivity contribution is 7.50. The summed E-state index contributed by atoms with van der Waals surface area (Å²) >= 11 is 0. The molecule has 5 aliphatic heterocycles. The molecule has 25 unspecified atom stereocenters. The fraction of sp³-hybridized carbons (Fsp3) is 1.00. The Hall–Kier alpha value is 1.21. The maximum atomic E-state index is 12.0. The van der Waals surface area contributed by atoms with Crippen molar-refractivity contribution in [2.75, 3.05) is 133 Å². The first-order valence-electron chi connectivity index (χ1n) is 44.8. The third kappa shape index (κ3) is 78.4. The summed E-state index contributed by atoms with van der Waals surface area (Å²) in [4.78, 5) is 136. The topological polar surface area (TPSA) is 776 Å². The van der Waals surface area contributed by atoms with Crippen molar-refractivity contribution >= 4 is 125 Å². The third-order valence-corrected chi connectivity index (χ3v) is 27.2. The maximum absolute atomic E-state index is 12.0. The monoisotopic (exact) mass is 2240 g/mol. The van der Waals surface area contributed by atoms with Crippen LogP contribution >= 0.6 is 85.8 Å². The maximum Gasteiger partial charge on any atom is 0.268 e. The Balaban J connectivity index is -0.000000536. The average molecular weight is 2240 g/mol. The van der Waals surface area contributed by atoms with Crippen molar-refractivity contribution in [3.63, 3.8) is 0 Å². The van der Waals surface area contributed by atoms with Crippen LogP contribution in [0, 0.1) is 29.6 Å². The van der Waals surface area contributed by atoms with Gasteiger partial charge >= 0.3 is 0 Å². The van der Waals surface area contributed by atoms with E-state index in [4.69, 9.17) is 115 Å². The molecule has 10 radical (unpaired) electrons. The molecule has 0 aromatic carbocycles. The second-order valence-corrected chi connectivity index (χ2v) is 46.5. The highest BCUT2D eigenvalue weighted by Gasteiger charge is 2.43. The van der Waals surface area contributed by atoms with Crippen LogP contribution in [0.1, 0.15) is 215 Å². The van der Waals surface area contributed by atoms with Crippen molar-refractivity contribution in [2.45, 2.75) is 306 Å². The first-order valence-corrected chi connectivity index (χ1v) is 61.4. The molecule has 0 aromatic rings. The number of ether oxygens (including phenoxy) is 5. The minimum Gasteiger partial charge on any atom is -0.790 e. The molecule has 0 aliphatic carbocycles. The highest BCUT2D eigenvalue weighted by atomic mass is 31.2. The lowest BCUT2D eigenvalue weighted by Gasteiger charge is -2.30. The van der Waals surface area contributed by atoms with Gasteiger partial charge < -0.3 is 202 Å². The van der Waals surface area contributed by atoms with Crippen LogP contribution in [0.25, 0.3) is 0 Å². The molecule has 68 heteroatoms. The summed E-state index contributed by atoms with van der Waals surface area (Å²) in [6.07, 6.45) is -3.31. The predicted octanol–water partition coefficient (Wildman–Crippen LogP) is 3.23. The van der Waals surface area contributed by atoms with E-state index in [-0.39, 0.29) is 199 Å². The van der Waals surface area contributed by atoms with Crippen LogP contribution in [0.4, 0.5) is 0 Å². The van der Waals surface area contributed by atoms with E-state index in [1.165, 1.54) is 6.42 Å². The molecule has 0 spiro atoms. The van der Waals surface area contributed by atoms with Gasteiger partial charge in [-0.2, -0.15) is 0 Å². The summed E-state index contributed by atoms with van der Waals surface area (Å²) < 4.78 is 246. The third-order valence-electron chi connectivity index (χ3n) is 16.9. The van der Waals surface area contributed by atoms with E-state index in [2.05, 4.69) is 72.7 Å². The zero-order chi connectivity index (χ0) is 108. The zero-order valence-corrected chi connectivity index (χ0v) is 91.9. The van der Waals surface area contributed by atoms with Crippen LogP contribution in [-0.2, 0) is 164 Å². The molecule has 5 aliphatic rings. The van der Waals surface area contributed by atoms with Crippen molar-refractivity contribution in [1.82, 2.24) is 0 Å². The molecular weight excluding hydrogens is 2090 g/mol. The summed E-state index contributed by atoms with van der Waals surface area (Å²) in [6.45, 7) is 26.2. The van der Waals surface area contributed by atoms with Crippen molar-refractivity contribution in [3.05, 3.63) is 0 Å². The lowest BCUT2D eigenvalue weighted by atomic mass is 9.94. The highest BCUT2D eigenvalue weighted by Crippen LogP contribution is 2.51. The normalized spacial score (nSPS) is 26.5. The van der Waals surface area contributed by atoms with Gasteiger partial charge in [0.1, 0.15) is 46.8 Å². The van der Waals surface area contributed by atoms with Crippen molar-refractivity contribution in [3.8, 4) is 0 Å². The van der Waals surface area contributed by atoms with Crippen molar-refractivity contribution in [1.29, 1.82) is 0 Å². The second kappa shape index (κ2) is 79.2. The zero-order valence-electron chi connectivity index (χ0n) is 82.1. The Morgan fingerprint density at radius 2 is 0.393 bits per heavy atom. The fourth-order valence-corrected chi connectivity index (χ4v) is 20.1. The van der Waals surface area contributed by atoms with Crippen LogP contribution in [0.3, 0.4) is 0 Å². The molecule has 4 N–H and O–H groups in total. The number of rotatable bonds is 63. The fourth-order valence-electron chi connectivity index (χ4n) is 11.4. The quantitative estimate of drug-likeness (QED) is 0.0386. The summed E-state index contributed by atoms with van der Waals surface area (Å²) in [5.41, 5.74) is 0. The summed E-state index contributed by atoms with van der Waals surface area (Å²) in [5, 5.41) is 32.6. The van der Waals surface area contributed by atoms with E-state index < -0.39 is 217 Å². The predicted molar refractivity (Wildman–Crippen MR) is 489 cm³/mol. The molecule has 0 bridgehead atoms. The summed E-state index contributed by atoms with van der Waals surface area (Å²) in [7, 11) is -20.9. The molecule has 140 heavy (non-hydrogen) atoms. The lowest BCUT2D eigenvalue weighted by molar-refractivity contribution is -0.342. The minimum absolute atomic E-state index is 0. The van der Waals surface area contributed by atoms with Gasteiger partial charge in [-0.05, 0) is 119 Å². The first-order chi connectivity index (χ1) is 64.3. The Kier molecular flexibility index (Phi) is 84.7. The standard InChI is InChI=1S/C16H34BO14P3.C13H28BO13P3.C13H27BO10P2.C11H23BO8P2.C10H20BO6P.C3H8.2C2H6.CH4O.CH4/c1-13(2)16-14(12-15(17)30-16)31-34(23,24)29-11-5-10-28-33(21,22)27-9-4-8-26-32(19,20)25-7-3-6-18;1-10(2)13-11(9-12(14)26-13)27-30(20,21)25-8-4-7-24-29(18,19)23-6-3-5-22-28(15,16)17;1-10(2)13-11(9-12(14)23-13)24-26(18,19)22-8-4-7-21-25(16,17)20-6-3-5-15;1-8(2)11-9(7-10(12)19-11)20-22(15,16)18-6-4-5-17-21(3,13)14;1-7(2)10-8(6-9(11)16-10)17-18(13,14)15-5-3-4-12;1-3-2;3*1-2;/h13-16,18H,3-12H2,1-2H3,(H,19,20)(H,21,22)(H,23,24);10-13H,3-9H2,1-2H3,(H,18,19)(H,20,21)(H2,15,16,17);10-13,15H,3-9H2,1-2H3,(H,16,17)(H,18,19);8-11H,4-7H2,1-3H3,(H,13,14)(H,15,16);7-10,12H,3-6H2,1-2H3,(H,13,14);3H2,1-2H3;2*1-2H3;2H,1H3;1H4/p-12. The molecule has 25 atom stereocenters. The van der Waals surface area contributed by atoms with E-state index in [0.717, 1.165) is 13.8 Å². The Morgan fingerprint density at radius 3 is 0.521 bits per heavy atom. The van der Waals surface area contributed by atoms with Gasteiger partial charge in [0.25, 0.3) is 70.4 Å². The molecule has 52 nitrogen and oxygen atoms in total. The van der Waals surface area contributed by atoms with Gasteiger partial charge in [0.15, 0.2) is 0 Å². The number of hydrogen-bond donors (Lipinski definition) is 4. The minimum atomic E-state index is -5.13. The number of phosphoric ester groups is 10. The van der Waals surface area contributed by atoms with Crippen LogP contribution in [0.5, 0.6) is 0 Å². The lowest BCUT2D eigenvalue weighted by Crippen LogP contribution is -2.30. The molecule has 0 amide bonds. The van der Waals surface area contributed by atoms with Crippen LogP contribution in [0.15, 0.2) is 0 Å². The van der Waals surface area contributed by atoms with E-state index in [1.807, 2.05) is 96.9 Å². The Morgan fingerprint density at radius 1 is 0.264 bits per heavy atom. The molecule has 5 saturated heterocycles. The number of hydrogen-bond acceptors (Lipinski definition) is 52. The molecule has 0 saturated carbocycles. The molecule has 5 fully saturated rings. The van der Waals surface area contributed by atoms with E-state index in [9.17, 15) is 109 Å². The Bertz CT molecular complexity index is 3690. The number of phosphoric acid groups is 10. The molecule has 830 valence electrons. The van der Waals surface area contributed by atoms with Gasteiger partial charge in [-0.1, -0.05) is 125 Å². The second-order valence-electron chi connectivity index (χ2n) is 31.1. The van der Waals surface area contributed by atoms with Gasteiger partial charge in [-0.25, -0.2) is 0 Å². The van der Waals surface area contributed by atoms with Crippen molar-refractivity contribution < 1.29 is 244 Å². The van der Waals surface area contributed by atoms with E-state index in [1.54, 1.807) is 0 Å². The molecule has 5 rings (SSSR count). The Labute approximate surface area is 832 Å². The van der Waals surface area contributed by atoms with Gasteiger partial charge in [-0.15, -0.1) is 0 Å². The van der Waals surface area contributed by atoms with Gasteiger partial charge in [0, 0.05) is 63.6 Å². The first kappa shape index (κ1) is 150. The van der Waals surface area contributed by atoms with Crippen molar-refractivity contribution in [2.24, 2.45) is 29.6 Å². The van der Waals surface area contributed by atoms with E-state index >= 15 is 0 Å².